The van der Waals surface area contributed by atoms with Gasteiger partial charge in [-0.15, -0.1) is 0 Å². The summed E-state index contributed by atoms with van der Waals surface area (Å²) in [6.07, 6.45) is -1.03. The van der Waals surface area contributed by atoms with Crippen molar-refractivity contribution in [3.8, 4) is 11.1 Å². The number of benzene rings is 2. The van der Waals surface area contributed by atoms with E-state index in [-0.39, 0.29) is 12.8 Å². The molecule has 2 aromatic rings. The number of hydrogen-bond donors (Lipinski definition) is 3. The fourth-order valence-corrected chi connectivity index (χ4v) is 2.74. The Hall–Kier alpha value is -3.35. The van der Waals surface area contributed by atoms with Crippen LogP contribution in [0.15, 0.2) is 54.6 Å². The largest absolute Gasteiger partial charge is 0.480 e. The highest BCUT2D eigenvalue weighted by molar-refractivity contribution is 5.81. The van der Waals surface area contributed by atoms with Crippen LogP contribution in [0.4, 0.5) is 4.79 Å². The number of aliphatic carboxylic acids is 1. The lowest BCUT2D eigenvalue weighted by Crippen LogP contribution is -2.42. The highest BCUT2D eigenvalue weighted by atomic mass is 16.6. The zero-order chi connectivity index (χ0) is 20.5. The van der Waals surface area contributed by atoms with Gasteiger partial charge in [-0.3, -0.25) is 4.79 Å². The quantitative estimate of drug-likeness (QED) is 0.614. The molecule has 28 heavy (non-hydrogen) atoms. The van der Waals surface area contributed by atoms with Gasteiger partial charge in [-0.2, -0.15) is 0 Å². The van der Waals surface area contributed by atoms with Gasteiger partial charge in [0.05, 0.1) is 0 Å². The van der Waals surface area contributed by atoms with Crippen LogP contribution in [-0.2, 0) is 20.7 Å². The van der Waals surface area contributed by atoms with Crippen molar-refractivity contribution in [3.63, 3.8) is 0 Å². The number of carbonyl (C=O) groups excluding carboxylic acids is 2. The Balaban J connectivity index is 1.86. The summed E-state index contributed by atoms with van der Waals surface area (Å²) in [4.78, 5) is 33.9. The Bertz CT molecular complexity index is 805. The third kappa shape index (κ3) is 6.75. The van der Waals surface area contributed by atoms with E-state index in [0.717, 1.165) is 16.7 Å². The van der Waals surface area contributed by atoms with E-state index in [4.69, 9.17) is 15.6 Å². The van der Waals surface area contributed by atoms with Crippen LogP contribution in [0.25, 0.3) is 11.1 Å². The Morgan fingerprint density at radius 2 is 1.64 bits per heavy atom. The Morgan fingerprint density at radius 1 is 1.04 bits per heavy atom. The highest BCUT2D eigenvalue weighted by Gasteiger charge is 2.22. The number of carbonyl (C=O) groups is 3. The molecule has 2 amide bonds. The van der Waals surface area contributed by atoms with Crippen LogP contribution in [0, 0.1) is 0 Å². The minimum atomic E-state index is -1.25. The van der Waals surface area contributed by atoms with E-state index in [1.165, 1.54) is 0 Å². The van der Waals surface area contributed by atoms with Gasteiger partial charge < -0.3 is 20.9 Å². The van der Waals surface area contributed by atoms with E-state index in [9.17, 15) is 14.4 Å². The number of nitrogens with two attached hydrogens (primary N) is 1. The summed E-state index contributed by atoms with van der Waals surface area (Å²) in [6.45, 7) is 1.73. The first kappa shape index (κ1) is 21.0. The van der Waals surface area contributed by atoms with Gasteiger partial charge in [0, 0.05) is 12.8 Å². The van der Waals surface area contributed by atoms with Crippen molar-refractivity contribution in [1.29, 1.82) is 0 Å². The van der Waals surface area contributed by atoms with Crippen molar-refractivity contribution in [1.82, 2.24) is 5.32 Å². The molecule has 0 aliphatic rings. The molecule has 0 aromatic heterocycles. The van der Waals surface area contributed by atoms with E-state index in [1.54, 1.807) is 6.92 Å². The molecule has 4 N–H and O–H groups in total. The molecule has 0 spiro atoms. The molecule has 2 aromatic carbocycles. The first-order valence-electron chi connectivity index (χ1n) is 8.97. The molecule has 0 aliphatic carbocycles. The van der Waals surface area contributed by atoms with E-state index in [0.29, 0.717) is 6.42 Å². The number of hydrogen-bond acceptors (Lipinski definition) is 4. The third-order valence-corrected chi connectivity index (χ3v) is 4.16. The lowest BCUT2D eigenvalue weighted by Gasteiger charge is -2.17. The molecular formula is C21H24N2O5. The number of rotatable bonds is 9. The van der Waals surface area contributed by atoms with E-state index >= 15 is 0 Å². The van der Waals surface area contributed by atoms with Gasteiger partial charge in [-0.05, 0) is 30.0 Å². The maximum Gasteiger partial charge on any atom is 0.408 e. The van der Waals surface area contributed by atoms with Crippen LogP contribution in [-0.4, -0.2) is 35.2 Å². The van der Waals surface area contributed by atoms with Gasteiger partial charge in [-0.1, -0.05) is 54.6 Å². The molecule has 0 heterocycles. The van der Waals surface area contributed by atoms with Crippen LogP contribution in [0.3, 0.4) is 0 Å². The second-order valence-corrected chi connectivity index (χ2v) is 6.52. The second-order valence-electron chi connectivity index (χ2n) is 6.52. The summed E-state index contributed by atoms with van der Waals surface area (Å²) in [6, 6.07) is 16.7. The molecule has 0 fully saturated rings. The molecule has 2 rings (SSSR count). The first-order valence-corrected chi connectivity index (χ1v) is 8.97. The second kappa shape index (κ2) is 10.1. The average Bonchev–Trinajstić information content (AvgIpc) is 2.66. The van der Waals surface area contributed by atoms with Gasteiger partial charge in [0.2, 0.25) is 5.91 Å². The van der Waals surface area contributed by atoms with Crippen molar-refractivity contribution in [2.24, 2.45) is 5.73 Å². The summed E-state index contributed by atoms with van der Waals surface area (Å²) in [5.74, 6) is -1.88. The molecule has 0 saturated heterocycles. The number of amides is 2. The van der Waals surface area contributed by atoms with E-state index in [1.807, 2.05) is 54.6 Å². The fourth-order valence-electron chi connectivity index (χ4n) is 2.74. The normalized spacial score (nSPS) is 12.6. The number of carboxylic acid groups (broad SMARTS) is 1. The predicted octanol–water partition coefficient (Wildman–Crippen LogP) is 2.73. The lowest BCUT2D eigenvalue weighted by atomic mass is 10.0. The maximum atomic E-state index is 11.9. The summed E-state index contributed by atoms with van der Waals surface area (Å²) >= 11 is 0. The van der Waals surface area contributed by atoms with Crippen LogP contribution in [0.5, 0.6) is 0 Å². The molecule has 0 radical (unpaired) electrons. The molecule has 1 unspecified atom stereocenters. The molecule has 148 valence electrons. The van der Waals surface area contributed by atoms with Gasteiger partial charge in [0.15, 0.2) is 0 Å². The van der Waals surface area contributed by atoms with Gasteiger partial charge in [-0.25, -0.2) is 9.59 Å². The number of carboxylic acids is 1. The summed E-state index contributed by atoms with van der Waals surface area (Å²) in [7, 11) is 0. The van der Waals surface area contributed by atoms with E-state index in [2.05, 4.69) is 5.32 Å². The lowest BCUT2D eigenvalue weighted by molar-refractivity contribution is -0.139. The number of alkyl carbamates (subject to hydrolysis) is 1. The molecular weight excluding hydrogens is 360 g/mol. The summed E-state index contributed by atoms with van der Waals surface area (Å²) in [5.41, 5.74) is 8.21. The Labute approximate surface area is 163 Å². The Morgan fingerprint density at radius 3 is 2.21 bits per heavy atom. The average molecular weight is 384 g/mol. The monoisotopic (exact) mass is 384 g/mol. The minimum Gasteiger partial charge on any atom is -0.480 e. The standard InChI is InChI=1S/C21H24N2O5/c1-14(28-21(27)23-18(20(25)26)11-12-19(22)24)13-15-7-9-17(10-8-15)16-5-3-2-4-6-16/h2-10,14,18H,11-13H2,1H3,(H2,22,24)(H,23,27)(H,25,26)/t14?,18-/m0/s1. The minimum absolute atomic E-state index is 0.0882. The molecule has 7 heteroatoms. The predicted molar refractivity (Wildman–Crippen MR) is 105 cm³/mol. The molecule has 2 atom stereocenters. The highest BCUT2D eigenvalue weighted by Crippen LogP contribution is 2.20. The van der Waals surface area contributed by atoms with Crippen molar-refractivity contribution in [2.75, 3.05) is 0 Å². The van der Waals surface area contributed by atoms with E-state index < -0.39 is 30.1 Å². The van der Waals surface area contributed by atoms with Crippen molar-refractivity contribution < 1.29 is 24.2 Å². The van der Waals surface area contributed by atoms with Crippen LogP contribution in [0.1, 0.15) is 25.3 Å². The maximum absolute atomic E-state index is 11.9. The zero-order valence-corrected chi connectivity index (χ0v) is 15.6. The molecule has 0 aliphatic heterocycles. The number of ether oxygens (including phenoxy) is 1. The van der Waals surface area contributed by atoms with Gasteiger partial charge in [0.25, 0.3) is 0 Å². The van der Waals surface area contributed by atoms with Crippen LogP contribution in [0.2, 0.25) is 0 Å². The van der Waals surface area contributed by atoms with Crippen molar-refractivity contribution in [2.45, 2.75) is 38.3 Å². The number of nitrogens with one attached hydrogen (secondary N) is 1. The number of primary amides is 1. The first-order chi connectivity index (χ1) is 13.3. The van der Waals surface area contributed by atoms with Crippen molar-refractivity contribution in [3.05, 3.63) is 60.2 Å². The van der Waals surface area contributed by atoms with Crippen LogP contribution < -0.4 is 11.1 Å². The third-order valence-electron chi connectivity index (χ3n) is 4.16. The SMILES string of the molecule is CC(Cc1ccc(-c2ccccc2)cc1)OC(=O)N[C@@H](CCC(N)=O)C(=O)O. The summed E-state index contributed by atoms with van der Waals surface area (Å²) in [5, 5.41) is 11.4. The molecule has 0 bridgehead atoms. The summed E-state index contributed by atoms with van der Waals surface area (Å²) < 4.78 is 5.23. The topological polar surface area (TPSA) is 119 Å². The van der Waals surface area contributed by atoms with Gasteiger partial charge >= 0.3 is 12.1 Å². The van der Waals surface area contributed by atoms with Gasteiger partial charge in [0.1, 0.15) is 12.1 Å². The Kier molecular flexibility index (Phi) is 7.56. The van der Waals surface area contributed by atoms with Crippen LogP contribution >= 0.6 is 0 Å². The van der Waals surface area contributed by atoms with Crippen molar-refractivity contribution >= 4 is 18.0 Å². The molecule has 7 nitrogen and oxygen atoms in total. The fraction of sp³-hybridized carbons (Fsp3) is 0.286. The zero-order valence-electron chi connectivity index (χ0n) is 15.6. The molecule has 0 saturated carbocycles. The smallest absolute Gasteiger partial charge is 0.408 e.